The maximum absolute atomic E-state index is 12.4. The van der Waals surface area contributed by atoms with Crippen LogP contribution in [0.5, 0.6) is 0 Å². The van der Waals surface area contributed by atoms with E-state index in [1.807, 2.05) is 42.7 Å². The standard InChI is InChI=1S/C17H15NO3S/c1-22-15-9-5-4-8-13(15)18-16(19)14-10-11-6-2-3-7-12(11)17(20)21-14/h2-9,14H,10H2,1H3,(H,18,19). The van der Waals surface area contributed by atoms with Gasteiger partial charge in [0.2, 0.25) is 0 Å². The summed E-state index contributed by atoms with van der Waals surface area (Å²) in [6.07, 6.45) is 1.55. The fourth-order valence-corrected chi connectivity index (χ4v) is 2.99. The summed E-state index contributed by atoms with van der Waals surface area (Å²) in [4.78, 5) is 25.3. The zero-order valence-electron chi connectivity index (χ0n) is 12.0. The molecule has 2 aromatic carbocycles. The summed E-state index contributed by atoms with van der Waals surface area (Å²) in [6.45, 7) is 0. The van der Waals surface area contributed by atoms with E-state index in [0.29, 0.717) is 12.0 Å². The molecule has 1 aliphatic heterocycles. The Hall–Kier alpha value is -2.27. The minimum absolute atomic E-state index is 0.302. The molecule has 1 N–H and O–H groups in total. The van der Waals surface area contributed by atoms with Gasteiger partial charge in [0.1, 0.15) is 0 Å². The van der Waals surface area contributed by atoms with Crippen molar-refractivity contribution in [2.75, 3.05) is 11.6 Å². The van der Waals surface area contributed by atoms with Gasteiger partial charge in [-0.15, -0.1) is 11.8 Å². The number of anilines is 1. The van der Waals surface area contributed by atoms with E-state index in [-0.39, 0.29) is 5.91 Å². The zero-order valence-corrected chi connectivity index (χ0v) is 12.9. The molecule has 0 saturated carbocycles. The van der Waals surface area contributed by atoms with Gasteiger partial charge in [-0.05, 0) is 30.0 Å². The van der Waals surface area contributed by atoms with Crippen molar-refractivity contribution < 1.29 is 14.3 Å². The van der Waals surface area contributed by atoms with Crippen LogP contribution in [0.15, 0.2) is 53.4 Å². The van der Waals surface area contributed by atoms with E-state index in [0.717, 1.165) is 16.1 Å². The number of benzene rings is 2. The quantitative estimate of drug-likeness (QED) is 0.699. The summed E-state index contributed by atoms with van der Waals surface area (Å²) in [6, 6.07) is 14.8. The van der Waals surface area contributed by atoms with Crippen molar-refractivity contribution >= 4 is 29.3 Å². The van der Waals surface area contributed by atoms with Crippen molar-refractivity contribution in [3.05, 3.63) is 59.7 Å². The van der Waals surface area contributed by atoms with E-state index in [1.54, 1.807) is 23.9 Å². The smallest absolute Gasteiger partial charge is 0.339 e. The molecule has 5 heteroatoms. The highest BCUT2D eigenvalue weighted by atomic mass is 32.2. The van der Waals surface area contributed by atoms with Gasteiger partial charge >= 0.3 is 5.97 Å². The minimum atomic E-state index is -0.794. The molecule has 0 saturated heterocycles. The summed E-state index contributed by atoms with van der Waals surface area (Å²) < 4.78 is 5.26. The second kappa shape index (κ2) is 6.23. The lowest BCUT2D eigenvalue weighted by atomic mass is 9.98. The third kappa shape index (κ3) is 2.85. The largest absolute Gasteiger partial charge is 0.448 e. The molecule has 4 nitrogen and oxygen atoms in total. The molecule has 0 spiro atoms. The lowest BCUT2D eigenvalue weighted by Crippen LogP contribution is -2.38. The third-order valence-electron chi connectivity index (χ3n) is 3.55. The Balaban J connectivity index is 1.78. The van der Waals surface area contributed by atoms with Crippen LogP contribution >= 0.6 is 11.8 Å². The molecule has 1 heterocycles. The van der Waals surface area contributed by atoms with Gasteiger partial charge in [0.25, 0.3) is 5.91 Å². The first-order chi connectivity index (χ1) is 10.7. The molecule has 22 heavy (non-hydrogen) atoms. The van der Waals surface area contributed by atoms with E-state index >= 15 is 0 Å². The number of cyclic esters (lactones) is 1. The van der Waals surface area contributed by atoms with Crippen molar-refractivity contribution in [2.45, 2.75) is 17.4 Å². The Bertz CT molecular complexity index is 729. The number of fused-ring (bicyclic) bond motifs is 1. The highest BCUT2D eigenvalue weighted by Crippen LogP contribution is 2.26. The van der Waals surface area contributed by atoms with Gasteiger partial charge in [0.15, 0.2) is 6.10 Å². The van der Waals surface area contributed by atoms with Crippen molar-refractivity contribution in [2.24, 2.45) is 0 Å². The summed E-state index contributed by atoms with van der Waals surface area (Å²) in [5.41, 5.74) is 2.11. The fraction of sp³-hybridized carbons (Fsp3) is 0.176. The van der Waals surface area contributed by atoms with E-state index in [4.69, 9.17) is 4.74 Å². The van der Waals surface area contributed by atoms with Gasteiger partial charge in [-0.25, -0.2) is 4.79 Å². The first-order valence-corrected chi connectivity index (χ1v) is 8.14. The Morgan fingerprint density at radius 1 is 1.18 bits per heavy atom. The van der Waals surface area contributed by atoms with Crippen LogP contribution in [0.2, 0.25) is 0 Å². The lowest BCUT2D eigenvalue weighted by molar-refractivity contribution is -0.125. The first kappa shape index (κ1) is 14.7. The number of rotatable bonds is 3. The monoisotopic (exact) mass is 313 g/mol. The van der Waals surface area contributed by atoms with Gasteiger partial charge in [0, 0.05) is 11.3 Å². The number of hydrogen-bond acceptors (Lipinski definition) is 4. The molecule has 1 amide bonds. The number of thioether (sulfide) groups is 1. The average Bonchev–Trinajstić information content (AvgIpc) is 2.55. The highest BCUT2D eigenvalue weighted by Gasteiger charge is 2.31. The normalized spacial score (nSPS) is 16.6. The van der Waals surface area contributed by atoms with E-state index in [1.165, 1.54) is 0 Å². The van der Waals surface area contributed by atoms with Crippen LogP contribution in [-0.4, -0.2) is 24.2 Å². The molecule has 1 aliphatic rings. The highest BCUT2D eigenvalue weighted by molar-refractivity contribution is 7.98. The van der Waals surface area contributed by atoms with Gasteiger partial charge < -0.3 is 10.1 Å². The number of esters is 1. The maximum Gasteiger partial charge on any atom is 0.339 e. The third-order valence-corrected chi connectivity index (χ3v) is 4.34. The SMILES string of the molecule is CSc1ccccc1NC(=O)C1Cc2ccccc2C(=O)O1. The Morgan fingerprint density at radius 2 is 1.91 bits per heavy atom. The van der Waals surface area contributed by atoms with E-state index < -0.39 is 12.1 Å². The molecular formula is C17H15NO3S. The van der Waals surface area contributed by atoms with Crippen molar-refractivity contribution in [1.29, 1.82) is 0 Å². The number of nitrogens with one attached hydrogen (secondary N) is 1. The van der Waals surface area contributed by atoms with Crippen molar-refractivity contribution in [3.63, 3.8) is 0 Å². The first-order valence-electron chi connectivity index (χ1n) is 6.92. The van der Waals surface area contributed by atoms with Gasteiger partial charge in [-0.2, -0.15) is 0 Å². The molecule has 0 aromatic heterocycles. The average molecular weight is 313 g/mol. The van der Waals surface area contributed by atoms with Gasteiger partial charge in [0.05, 0.1) is 11.3 Å². The van der Waals surface area contributed by atoms with Gasteiger partial charge in [-0.3, -0.25) is 4.79 Å². The minimum Gasteiger partial charge on any atom is -0.448 e. The number of ether oxygens (including phenoxy) is 1. The summed E-state index contributed by atoms with van der Waals surface area (Å²) in [5, 5.41) is 2.85. The molecule has 2 aromatic rings. The van der Waals surface area contributed by atoms with Crippen LogP contribution in [0.1, 0.15) is 15.9 Å². The summed E-state index contributed by atoms with van der Waals surface area (Å²) in [5.74, 6) is -0.746. The number of carbonyl (C=O) groups is 2. The lowest BCUT2D eigenvalue weighted by Gasteiger charge is -2.24. The van der Waals surface area contributed by atoms with Crippen LogP contribution in [0, 0.1) is 0 Å². The Labute approximate surface area is 132 Å². The Morgan fingerprint density at radius 3 is 2.73 bits per heavy atom. The summed E-state index contributed by atoms with van der Waals surface area (Å²) in [7, 11) is 0. The molecule has 0 fully saturated rings. The molecule has 0 radical (unpaired) electrons. The summed E-state index contributed by atoms with van der Waals surface area (Å²) >= 11 is 1.55. The van der Waals surface area contributed by atoms with Crippen molar-refractivity contribution in [1.82, 2.24) is 0 Å². The second-order valence-corrected chi connectivity index (χ2v) is 5.79. The van der Waals surface area contributed by atoms with Gasteiger partial charge in [-0.1, -0.05) is 30.3 Å². The maximum atomic E-state index is 12.4. The number of amides is 1. The molecule has 1 atom stereocenters. The molecular weight excluding hydrogens is 298 g/mol. The molecule has 112 valence electrons. The topological polar surface area (TPSA) is 55.4 Å². The molecule has 0 bridgehead atoms. The van der Waals surface area contributed by atoms with Crippen LogP contribution < -0.4 is 5.32 Å². The number of carbonyl (C=O) groups excluding carboxylic acids is 2. The van der Waals surface area contributed by atoms with Crippen LogP contribution in [0.3, 0.4) is 0 Å². The van der Waals surface area contributed by atoms with Crippen LogP contribution in [0.25, 0.3) is 0 Å². The fourth-order valence-electron chi connectivity index (χ4n) is 2.44. The Kier molecular flexibility index (Phi) is 4.15. The molecule has 1 unspecified atom stereocenters. The molecule has 3 rings (SSSR count). The predicted octanol–water partition coefficient (Wildman–Crippen LogP) is 3.13. The van der Waals surface area contributed by atoms with E-state index in [2.05, 4.69) is 5.32 Å². The van der Waals surface area contributed by atoms with Crippen LogP contribution in [-0.2, 0) is 16.0 Å². The van der Waals surface area contributed by atoms with Crippen LogP contribution in [0.4, 0.5) is 5.69 Å². The van der Waals surface area contributed by atoms with E-state index in [9.17, 15) is 9.59 Å². The molecule has 0 aliphatic carbocycles. The zero-order chi connectivity index (χ0) is 15.5. The second-order valence-electron chi connectivity index (χ2n) is 4.94. The predicted molar refractivity (Wildman–Crippen MR) is 86.2 cm³/mol. The number of hydrogen-bond donors (Lipinski definition) is 1. The van der Waals surface area contributed by atoms with Crippen molar-refractivity contribution in [3.8, 4) is 0 Å². The number of para-hydroxylation sites is 1.